The Bertz CT molecular complexity index is 273. The van der Waals surface area contributed by atoms with Gasteiger partial charge in [-0.25, -0.2) is 14.7 Å². The second-order valence-electron chi connectivity index (χ2n) is 1.79. The molecule has 2 rings (SSSR count). The first-order chi connectivity index (χ1) is 4.97. The van der Waals surface area contributed by atoms with Crippen molar-refractivity contribution < 1.29 is 0 Å². The van der Waals surface area contributed by atoms with Crippen molar-refractivity contribution in [3.8, 4) is 0 Å². The Balaban J connectivity index is 2.30. The van der Waals surface area contributed by atoms with Gasteiger partial charge in [-0.1, -0.05) is 0 Å². The molecule has 49 valence electrons. The Morgan fingerprint density at radius 1 is 1.30 bits per heavy atom. The van der Waals surface area contributed by atoms with Gasteiger partial charge in [-0.05, 0) is 11.5 Å². The lowest BCUT2D eigenvalue weighted by Gasteiger charge is -1.89. The highest BCUT2D eigenvalue weighted by atomic mass is 32.1. The normalized spacial score (nSPS) is 15.0. The maximum absolute atomic E-state index is 4.01. The van der Waals surface area contributed by atoms with E-state index in [1.165, 1.54) is 11.5 Å². The van der Waals surface area contributed by atoms with Crippen molar-refractivity contribution in [1.82, 2.24) is 9.69 Å². The van der Waals surface area contributed by atoms with Crippen LogP contribution in [0.25, 0.3) is 0 Å². The van der Waals surface area contributed by atoms with Gasteiger partial charge in [0.25, 0.3) is 0 Å². The summed E-state index contributed by atoms with van der Waals surface area (Å²) in [5, 5.41) is 5.94. The summed E-state index contributed by atoms with van der Waals surface area (Å²) in [6.45, 7) is 0. The zero-order valence-electron chi connectivity index (χ0n) is 5.06. The Morgan fingerprint density at radius 3 is 2.90 bits per heavy atom. The van der Waals surface area contributed by atoms with Crippen LogP contribution in [-0.4, -0.2) is 10.2 Å². The van der Waals surface area contributed by atoms with Gasteiger partial charge < -0.3 is 0 Å². The number of hydrogen-bond donors (Lipinski definition) is 0. The second-order valence-corrected chi connectivity index (χ2v) is 2.45. The fourth-order valence-corrected chi connectivity index (χ4v) is 1.22. The standard InChI is InChI=1S/C6H4N3S/c1-2-8-6(7-1)5-3-9-10-4-5/h1-4H. The average Bonchev–Trinajstić information content (AvgIpc) is 2.59. The molecule has 10 heavy (non-hydrogen) atoms. The summed E-state index contributed by atoms with van der Waals surface area (Å²) < 4.78 is 3.94. The van der Waals surface area contributed by atoms with Gasteiger partial charge in [0.05, 0.1) is 6.20 Å². The van der Waals surface area contributed by atoms with Crippen molar-refractivity contribution in [3.63, 3.8) is 0 Å². The minimum atomic E-state index is 0.758. The van der Waals surface area contributed by atoms with Crippen molar-refractivity contribution in [3.05, 3.63) is 29.5 Å². The van der Waals surface area contributed by atoms with Gasteiger partial charge in [0, 0.05) is 23.3 Å². The Kier molecular flexibility index (Phi) is 1.25. The third kappa shape index (κ3) is 0.823. The van der Waals surface area contributed by atoms with Crippen molar-refractivity contribution in [2.45, 2.75) is 0 Å². The van der Waals surface area contributed by atoms with Crippen LogP contribution in [0.3, 0.4) is 0 Å². The number of amidine groups is 1. The van der Waals surface area contributed by atoms with E-state index in [9.17, 15) is 0 Å². The van der Waals surface area contributed by atoms with E-state index in [-0.39, 0.29) is 0 Å². The van der Waals surface area contributed by atoms with Gasteiger partial charge in [0.2, 0.25) is 0 Å². The summed E-state index contributed by atoms with van der Waals surface area (Å²) in [6, 6.07) is 0. The van der Waals surface area contributed by atoms with E-state index in [0.29, 0.717) is 0 Å². The monoisotopic (exact) mass is 150 g/mol. The van der Waals surface area contributed by atoms with Crippen molar-refractivity contribution in [1.29, 1.82) is 0 Å². The van der Waals surface area contributed by atoms with Crippen LogP contribution in [-0.2, 0) is 0 Å². The fourth-order valence-electron chi connectivity index (χ4n) is 0.706. The Labute approximate surface area is 62.3 Å². The Hall–Kier alpha value is -1.16. The molecule has 1 aromatic rings. The van der Waals surface area contributed by atoms with Crippen molar-refractivity contribution in [2.75, 3.05) is 0 Å². The largest absolute Gasteiger partial charge is 0.235 e. The smallest absolute Gasteiger partial charge is 0.161 e. The summed E-state index contributed by atoms with van der Waals surface area (Å²) in [4.78, 5) is 4.01. The predicted octanol–water partition coefficient (Wildman–Crippen LogP) is 0.979. The molecule has 4 heteroatoms. The summed E-state index contributed by atoms with van der Waals surface area (Å²) >= 11 is 1.41. The minimum absolute atomic E-state index is 0.758. The molecule has 0 bridgehead atoms. The van der Waals surface area contributed by atoms with Crippen LogP contribution < -0.4 is 5.32 Å². The van der Waals surface area contributed by atoms with Crippen LogP contribution in [0.15, 0.2) is 29.0 Å². The van der Waals surface area contributed by atoms with Gasteiger partial charge in [-0.2, -0.15) is 0 Å². The van der Waals surface area contributed by atoms with Crippen LogP contribution >= 0.6 is 11.5 Å². The fraction of sp³-hybridized carbons (Fsp3) is 0. The zero-order chi connectivity index (χ0) is 6.81. The van der Waals surface area contributed by atoms with E-state index < -0.39 is 0 Å². The van der Waals surface area contributed by atoms with Gasteiger partial charge in [0.1, 0.15) is 0 Å². The highest BCUT2D eigenvalue weighted by Crippen LogP contribution is 2.05. The molecule has 0 unspecified atom stereocenters. The molecule has 1 aromatic heterocycles. The number of nitrogens with zero attached hydrogens (tertiary/aromatic N) is 3. The highest BCUT2D eigenvalue weighted by Gasteiger charge is 2.05. The molecule has 0 fully saturated rings. The molecule has 0 N–H and O–H groups in total. The second kappa shape index (κ2) is 2.22. The summed E-state index contributed by atoms with van der Waals surface area (Å²) in [6.07, 6.45) is 5.11. The van der Waals surface area contributed by atoms with Crippen LogP contribution in [0.4, 0.5) is 0 Å². The number of aromatic nitrogens is 1. The van der Waals surface area contributed by atoms with Crippen molar-refractivity contribution in [2.24, 2.45) is 4.99 Å². The SMILES string of the molecule is C1=CN=C(c2cnsc2)[N]1. The summed E-state index contributed by atoms with van der Waals surface area (Å²) in [7, 11) is 0. The molecule has 3 nitrogen and oxygen atoms in total. The molecule has 0 aromatic carbocycles. The molecule has 1 radical (unpaired) electrons. The molecular weight excluding hydrogens is 146 g/mol. The van der Waals surface area contributed by atoms with E-state index in [1.54, 1.807) is 18.6 Å². The zero-order valence-corrected chi connectivity index (χ0v) is 5.88. The summed E-state index contributed by atoms with van der Waals surface area (Å²) in [5.74, 6) is 0.758. The van der Waals surface area contributed by atoms with E-state index in [4.69, 9.17) is 0 Å². The molecule has 0 saturated heterocycles. The first kappa shape index (κ1) is 5.61. The molecule has 0 amide bonds. The first-order valence-electron chi connectivity index (χ1n) is 2.80. The van der Waals surface area contributed by atoms with E-state index >= 15 is 0 Å². The molecule has 2 heterocycles. The predicted molar refractivity (Wildman–Crippen MR) is 39.9 cm³/mol. The van der Waals surface area contributed by atoms with E-state index in [2.05, 4.69) is 14.7 Å². The third-order valence-electron chi connectivity index (χ3n) is 1.15. The van der Waals surface area contributed by atoms with Gasteiger partial charge in [0.15, 0.2) is 5.84 Å². The lowest BCUT2D eigenvalue weighted by atomic mass is 10.3. The maximum atomic E-state index is 4.01. The lowest BCUT2D eigenvalue weighted by Crippen LogP contribution is -2.05. The molecule has 0 aliphatic carbocycles. The van der Waals surface area contributed by atoms with Crippen molar-refractivity contribution >= 4 is 17.4 Å². The van der Waals surface area contributed by atoms with Gasteiger partial charge in [-0.3, -0.25) is 0 Å². The number of hydrogen-bond acceptors (Lipinski definition) is 3. The van der Waals surface area contributed by atoms with E-state index in [1.807, 2.05) is 5.38 Å². The molecular formula is C6H4N3S. The van der Waals surface area contributed by atoms with Crippen LogP contribution in [0.2, 0.25) is 0 Å². The molecule has 0 spiro atoms. The van der Waals surface area contributed by atoms with Crippen LogP contribution in [0.5, 0.6) is 0 Å². The first-order valence-corrected chi connectivity index (χ1v) is 3.64. The maximum Gasteiger partial charge on any atom is 0.161 e. The number of rotatable bonds is 1. The third-order valence-corrected chi connectivity index (χ3v) is 1.74. The molecule has 0 atom stereocenters. The summed E-state index contributed by atoms with van der Waals surface area (Å²) in [5.41, 5.74) is 0.995. The molecule has 1 aliphatic heterocycles. The van der Waals surface area contributed by atoms with E-state index in [0.717, 1.165) is 11.4 Å². The minimum Gasteiger partial charge on any atom is -0.235 e. The lowest BCUT2D eigenvalue weighted by molar-refractivity contribution is 1.29. The van der Waals surface area contributed by atoms with Gasteiger partial charge >= 0.3 is 0 Å². The molecule has 0 saturated carbocycles. The van der Waals surface area contributed by atoms with Crippen LogP contribution in [0.1, 0.15) is 5.56 Å². The average molecular weight is 150 g/mol. The quantitative estimate of drug-likeness (QED) is 0.588. The highest BCUT2D eigenvalue weighted by molar-refractivity contribution is 7.03. The van der Waals surface area contributed by atoms with Gasteiger partial charge in [-0.15, -0.1) is 0 Å². The molecule has 1 aliphatic rings. The Morgan fingerprint density at radius 2 is 2.30 bits per heavy atom. The topological polar surface area (TPSA) is 39.4 Å². The van der Waals surface area contributed by atoms with Crippen LogP contribution in [0, 0.1) is 0 Å². The number of aliphatic imine (C=N–C) groups is 1.